The van der Waals surface area contributed by atoms with E-state index in [0.29, 0.717) is 30.2 Å². The van der Waals surface area contributed by atoms with Gasteiger partial charge < -0.3 is 5.32 Å². The molecule has 1 aliphatic heterocycles. The van der Waals surface area contributed by atoms with Crippen molar-refractivity contribution in [3.63, 3.8) is 0 Å². The molecule has 0 fully saturated rings. The number of carbonyl (C=O) groups excluding carboxylic acids is 2. The van der Waals surface area contributed by atoms with E-state index in [1.807, 2.05) is 48.7 Å². The second-order valence-electron chi connectivity index (χ2n) is 6.50. The first kappa shape index (κ1) is 18.1. The predicted octanol–water partition coefficient (Wildman–Crippen LogP) is 3.42. The normalized spacial score (nSPS) is 14.1. The molecule has 4 rings (SSSR count). The minimum absolute atomic E-state index is 0.120. The number of nitrogens with one attached hydrogen (secondary N) is 1. The minimum Gasteiger partial charge on any atom is -0.306 e. The maximum Gasteiger partial charge on any atom is 0.273 e. The van der Waals surface area contributed by atoms with Crippen LogP contribution in [-0.4, -0.2) is 27.3 Å². The van der Waals surface area contributed by atoms with Crippen LogP contribution in [-0.2, 0) is 16.1 Å². The van der Waals surface area contributed by atoms with Gasteiger partial charge in [-0.15, -0.1) is 11.3 Å². The van der Waals surface area contributed by atoms with E-state index >= 15 is 0 Å². The smallest absolute Gasteiger partial charge is 0.273 e. The van der Waals surface area contributed by atoms with Crippen LogP contribution >= 0.6 is 11.3 Å². The number of hydrogen-bond donors (Lipinski definition) is 1. The summed E-state index contributed by atoms with van der Waals surface area (Å²) in [6.07, 6.45) is 2.20. The second kappa shape index (κ2) is 7.77. The highest BCUT2D eigenvalue weighted by Crippen LogP contribution is 2.22. The largest absolute Gasteiger partial charge is 0.306 e. The Kier molecular flexibility index (Phi) is 5.03. The molecule has 8 heteroatoms. The highest BCUT2D eigenvalue weighted by molar-refractivity contribution is 7.09. The van der Waals surface area contributed by atoms with Crippen LogP contribution < -0.4 is 10.3 Å². The van der Waals surface area contributed by atoms with E-state index in [0.717, 1.165) is 10.4 Å². The van der Waals surface area contributed by atoms with Gasteiger partial charge in [0.1, 0.15) is 11.5 Å². The molecule has 0 aliphatic carbocycles. The number of hydrazone groups is 1. The monoisotopic (exact) mass is 393 g/mol. The van der Waals surface area contributed by atoms with Crippen molar-refractivity contribution in [2.45, 2.75) is 26.3 Å². The molecule has 28 heavy (non-hydrogen) atoms. The van der Waals surface area contributed by atoms with Crippen LogP contribution in [0.25, 0.3) is 0 Å². The van der Waals surface area contributed by atoms with Gasteiger partial charge in [0.15, 0.2) is 0 Å². The molecule has 0 saturated carbocycles. The number of carbonyl (C=O) groups is 2. The Morgan fingerprint density at radius 1 is 1.21 bits per heavy atom. The van der Waals surface area contributed by atoms with Crippen molar-refractivity contribution < 1.29 is 9.59 Å². The molecule has 1 aliphatic rings. The summed E-state index contributed by atoms with van der Waals surface area (Å²) in [4.78, 5) is 26.2. The van der Waals surface area contributed by atoms with Crippen molar-refractivity contribution in [2.75, 3.05) is 10.3 Å². The average Bonchev–Trinajstić information content (AvgIpc) is 3.35. The minimum atomic E-state index is -0.321. The molecule has 1 aromatic carbocycles. The lowest BCUT2D eigenvalue weighted by molar-refractivity contribution is -0.118. The van der Waals surface area contributed by atoms with E-state index < -0.39 is 0 Å². The number of amides is 2. The van der Waals surface area contributed by atoms with Crippen LogP contribution in [0.2, 0.25) is 0 Å². The summed E-state index contributed by atoms with van der Waals surface area (Å²) >= 11 is 1.63. The predicted molar refractivity (Wildman–Crippen MR) is 110 cm³/mol. The van der Waals surface area contributed by atoms with Gasteiger partial charge in [0.2, 0.25) is 5.91 Å². The van der Waals surface area contributed by atoms with Crippen LogP contribution in [0.15, 0.2) is 59.1 Å². The van der Waals surface area contributed by atoms with Gasteiger partial charge in [-0.2, -0.15) is 10.2 Å². The Morgan fingerprint density at radius 2 is 2.11 bits per heavy atom. The number of thiophene rings is 1. The first-order chi connectivity index (χ1) is 13.6. The van der Waals surface area contributed by atoms with Gasteiger partial charge in [-0.1, -0.05) is 18.2 Å². The van der Waals surface area contributed by atoms with E-state index in [1.54, 1.807) is 28.3 Å². The van der Waals surface area contributed by atoms with Gasteiger partial charge in [0, 0.05) is 23.8 Å². The number of hydrogen-bond acceptors (Lipinski definition) is 5. The van der Waals surface area contributed by atoms with Crippen LogP contribution in [0.3, 0.4) is 0 Å². The van der Waals surface area contributed by atoms with Gasteiger partial charge in [-0.25, -0.2) is 9.69 Å². The molecule has 2 aromatic heterocycles. The van der Waals surface area contributed by atoms with Crippen molar-refractivity contribution in [2.24, 2.45) is 5.10 Å². The van der Waals surface area contributed by atoms with Crippen molar-refractivity contribution in [3.8, 4) is 0 Å². The fourth-order valence-corrected chi connectivity index (χ4v) is 3.67. The number of aryl methyl sites for hydroxylation is 1. The third-order valence-electron chi connectivity index (χ3n) is 4.38. The van der Waals surface area contributed by atoms with Gasteiger partial charge in [0.05, 0.1) is 18.4 Å². The fourth-order valence-electron chi connectivity index (χ4n) is 2.98. The molecular formula is C20H19N5O2S. The van der Waals surface area contributed by atoms with Crippen LogP contribution in [0.1, 0.15) is 23.3 Å². The summed E-state index contributed by atoms with van der Waals surface area (Å²) in [5, 5.41) is 14.8. The van der Waals surface area contributed by atoms with Crippen molar-refractivity contribution in [1.29, 1.82) is 0 Å². The molecule has 7 nitrogen and oxygen atoms in total. The number of benzene rings is 1. The van der Waals surface area contributed by atoms with Crippen molar-refractivity contribution in [1.82, 2.24) is 9.78 Å². The Morgan fingerprint density at radius 3 is 2.89 bits per heavy atom. The first-order valence-corrected chi connectivity index (χ1v) is 9.81. The lowest BCUT2D eigenvalue weighted by Gasteiger charge is -2.23. The van der Waals surface area contributed by atoms with Crippen LogP contribution in [0.4, 0.5) is 11.5 Å². The molecule has 1 N–H and O–H groups in total. The zero-order valence-corrected chi connectivity index (χ0v) is 16.1. The number of aromatic nitrogens is 2. The summed E-state index contributed by atoms with van der Waals surface area (Å²) in [6, 6.07) is 13.3. The summed E-state index contributed by atoms with van der Waals surface area (Å²) in [5.41, 5.74) is 2.01. The Balaban J connectivity index is 1.53. The van der Waals surface area contributed by atoms with Gasteiger partial charge in [0.25, 0.3) is 5.91 Å². The summed E-state index contributed by atoms with van der Waals surface area (Å²) in [6.45, 7) is 2.53. The summed E-state index contributed by atoms with van der Waals surface area (Å²) in [5.74, 6) is 0.156. The molecule has 0 saturated heterocycles. The molecule has 2 amide bonds. The summed E-state index contributed by atoms with van der Waals surface area (Å²) < 4.78 is 1.73. The van der Waals surface area contributed by atoms with E-state index in [4.69, 9.17) is 0 Å². The molecule has 0 radical (unpaired) electrons. The van der Waals surface area contributed by atoms with Crippen molar-refractivity contribution >= 4 is 40.4 Å². The quantitative estimate of drug-likeness (QED) is 0.721. The Hall–Kier alpha value is -3.26. The Bertz CT molecular complexity index is 1040. The summed E-state index contributed by atoms with van der Waals surface area (Å²) in [7, 11) is 0. The molecule has 0 atom stereocenters. The second-order valence-corrected chi connectivity index (χ2v) is 7.53. The van der Waals surface area contributed by atoms with Gasteiger partial charge in [-0.3, -0.25) is 9.59 Å². The van der Waals surface area contributed by atoms with Crippen molar-refractivity contribution in [3.05, 3.63) is 64.5 Å². The highest BCUT2D eigenvalue weighted by atomic mass is 32.1. The number of anilines is 2. The fraction of sp³-hybridized carbons (Fsp3) is 0.200. The number of nitrogens with zero attached hydrogens (tertiary/aromatic N) is 4. The molecule has 3 aromatic rings. The molecule has 0 spiro atoms. The van der Waals surface area contributed by atoms with Gasteiger partial charge >= 0.3 is 0 Å². The zero-order chi connectivity index (χ0) is 19.5. The molecule has 0 unspecified atom stereocenters. The van der Waals surface area contributed by atoms with E-state index in [1.165, 1.54) is 5.01 Å². The van der Waals surface area contributed by atoms with E-state index in [2.05, 4.69) is 15.5 Å². The topological polar surface area (TPSA) is 79.6 Å². The molecule has 0 bridgehead atoms. The maximum absolute atomic E-state index is 12.8. The number of rotatable bonds is 5. The standard InChI is InChI=1S/C20H19N5O2S/c1-14-4-2-5-15(12-14)25-19(26)8-7-17(23-25)20(27)22-18-9-10-21-24(18)13-16-6-3-11-28-16/h2-6,9-12H,7-8,13H2,1H3,(H,22,27). The third-order valence-corrected chi connectivity index (χ3v) is 5.25. The SMILES string of the molecule is Cc1cccc(N2N=C(C(=O)Nc3ccnn3Cc3cccs3)CCC2=O)c1. The van der Waals surface area contributed by atoms with Gasteiger partial charge in [-0.05, 0) is 36.1 Å². The molecule has 3 heterocycles. The van der Waals surface area contributed by atoms with Crippen LogP contribution in [0.5, 0.6) is 0 Å². The molecular weight excluding hydrogens is 374 g/mol. The maximum atomic E-state index is 12.8. The lowest BCUT2D eigenvalue weighted by Crippen LogP contribution is -2.36. The van der Waals surface area contributed by atoms with E-state index in [9.17, 15) is 9.59 Å². The zero-order valence-electron chi connectivity index (χ0n) is 15.3. The highest BCUT2D eigenvalue weighted by Gasteiger charge is 2.26. The van der Waals surface area contributed by atoms with E-state index in [-0.39, 0.29) is 18.2 Å². The lowest BCUT2D eigenvalue weighted by atomic mass is 10.1. The first-order valence-electron chi connectivity index (χ1n) is 8.93. The third kappa shape index (κ3) is 3.86. The Labute approximate surface area is 166 Å². The average molecular weight is 393 g/mol. The van der Waals surface area contributed by atoms with Crippen LogP contribution in [0, 0.1) is 6.92 Å². The molecule has 142 valence electrons.